The fraction of sp³-hybridized carbons (Fsp3) is 0.208. The van der Waals surface area contributed by atoms with Gasteiger partial charge in [0, 0.05) is 29.4 Å². The summed E-state index contributed by atoms with van der Waals surface area (Å²) in [5.41, 5.74) is -0.162. The molecule has 7 nitrogen and oxygen atoms in total. The minimum atomic E-state index is -0.558. The molecule has 0 saturated carbocycles. The summed E-state index contributed by atoms with van der Waals surface area (Å²) in [6.07, 6.45) is 0. The minimum Gasteiger partial charge on any atom is -0.465 e. The lowest BCUT2D eigenvalue weighted by molar-refractivity contribution is -0.143. The molecule has 4 aromatic rings. The van der Waals surface area contributed by atoms with E-state index in [4.69, 9.17) is 33.0 Å². The maximum atomic E-state index is 13.3. The van der Waals surface area contributed by atoms with Crippen LogP contribution in [-0.2, 0) is 22.6 Å². The molecule has 4 rings (SSSR count). The molecule has 0 aliphatic carbocycles. The second-order valence-corrected chi connectivity index (χ2v) is 8.06. The van der Waals surface area contributed by atoms with Crippen LogP contribution in [0.2, 0.25) is 10.0 Å². The molecule has 184 valence electrons. The van der Waals surface area contributed by atoms with Crippen molar-refractivity contribution in [2.75, 3.05) is 13.2 Å². The van der Waals surface area contributed by atoms with E-state index in [0.29, 0.717) is 16.3 Å². The van der Waals surface area contributed by atoms with Gasteiger partial charge in [0.05, 0.1) is 34.3 Å². The smallest absolute Gasteiger partial charge is 0.326 e. The van der Waals surface area contributed by atoms with Gasteiger partial charge < -0.3 is 14.4 Å². The van der Waals surface area contributed by atoms with Crippen LogP contribution in [0.4, 0.5) is 8.78 Å². The molecule has 0 saturated heterocycles. The number of pyridine rings is 2. The number of fused-ring (bicyclic) bond motifs is 2. The van der Waals surface area contributed by atoms with Crippen molar-refractivity contribution >= 4 is 51.0 Å². The van der Waals surface area contributed by atoms with E-state index in [0.717, 1.165) is 4.57 Å². The quantitative estimate of drug-likeness (QED) is 0.396. The molecule has 0 atom stereocenters. The lowest BCUT2D eigenvalue weighted by Gasteiger charge is -2.10. The summed E-state index contributed by atoms with van der Waals surface area (Å²) in [5, 5.41) is 10.5. The predicted molar refractivity (Wildman–Crippen MR) is 130 cm³/mol. The third kappa shape index (κ3) is 6.05. The Kier molecular flexibility index (Phi) is 8.61. The fourth-order valence-corrected chi connectivity index (χ4v) is 3.96. The molecule has 0 bridgehead atoms. The van der Waals surface area contributed by atoms with Crippen molar-refractivity contribution in [3.05, 3.63) is 90.9 Å². The van der Waals surface area contributed by atoms with Crippen LogP contribution in [-0.4, -0.2) is 33.4 Å². The molecular formula is C24H20Cl2F2N2O5. The van der Waals surface area contributed by atoms with Gasteiger partial charge in [0.25, 0.3) is 11.1 Å². The van der Waals surface area contributed by atoms with Crippen molar-refractivity contribution in [1.29, 1.82) is 0 Å². The van der Waals surface area contributed by atoms with Crippen LogP contribution in [0, 0.1) is 11.6 Å². The van der Waals surface area contributed by atoms with E-state index >= 15 is 0 Å². The van der Waals surface area contributed by atoms with Gasteiger partial charge in [-0.1, -0.05) is 23.2 Å². The number of rotatable bonds is 5. The number of aliphatic hydroxyl groups is 1. The van der Waals surface area contributed by atoms with Crippen LogP contribution in [0.3, 0.4) is 0 Å². The normalized spacial score (nSPS) is 10.8. The largest absolute Gasteiger partial charge is 0.465 e. The molecule has 0 radical (unpaired) electrons. The van der Waals surface area contributed by atoms with Crippen LogP contribution >= 0.6 is 23.2 Å². The van der Waals surface area contributed by atoms with E-state index in [2.05, 4.69) is 0 Å². The number of hydrogen-bond acceptors (Lipinski definition) is 5. The SMILES string of the molecule is CCOC(=O)Cn1c(=O)cc(Cl)c2ccc(F)cc21.O=c1cc(Cl)c2ccc(F)cc2n1CCO. The Morgan fingerprint density at radius 3 is 1.86 bits per heavy atom. The van der Waals surface area contributed by atoms with Crippen molar-refractivity contribution in [3.8, 4) is 0 Å². The second-order valence-electron chi connectivity index (χ2n) is 7.25. The summed E-state index contributed by atoms with van der Waals surface area (Å²) >= 11 is 11.8. The number of hydrogen-bond donors (Lipinski definition) is 1. The van der Waals surface area contributed by atoms with Gasteiger partial charge in [-0.2, -0.15) is 0 Å². The average Bonchev–Trinajstić information content (AvgIpc) is 2.79. The molecule has 0 fully saturated rings. The predicted octanol–water partition coefficient (Wildman–Crippen LogP) is 4.14. The Balaban J connectivity index is 0.000000198. The van der Waals surface area contributed by atoms with E-state index in [9.17, 15) is 23.2 Å². The molecule has 1 N–H and O–H groups in total. The molecule has 2 aromatic carbocycles. The van der Waals surface area contributed by atoms with Crippen molar-refractivity contribution in [3.63, 3.8) is 0 Å². The zero-order valence-corrected chi connectivity index (χ0v) is 19.9. The lowest BCUT2D eigenvalue weighted by atomic mass is 10.2. The Hall–Kier alpha value is -3.27. The molecule has 0 spiro atoms. The van der Waals surface area contributed by atoms with E-state index in [1.54, 1.807) is 6.92 Å². The summed E-state index contributed by atoms with van der Waals surface area (Å²) in [5.74, 6) is -1.51. The first-order valence-corrected chi connectivity index (χ1v) is 11.2. The maximum absolute atomic E-state index is 13.3. The lowest BCUT2D eigenvalue weighted by Crippen LogP contribution is -2.25. The highest BCUT2D eigenvalue weighted by Crippen LogP contribution is 2.23. The summed E-state index contributed by atoms with van der Waals surface area (Å²) in [6.45, 7) is 1.54. The number of ether oxygens (including phenoxy) is 1. The Morgan fingerprint density at radius 1 is 0.886 bits per heavy atom. The number of esters is 1. The van der Waals surface area contributed by atoms with Crippen LogP contribution in [0.5, 0.6) is 0 Å². The van der Waals surface area contributed by atoms with Crippen molar-refractivity contribution in [2.24, 2.45) is 0 Å². The van der Waals surface area contributed by atoms with Gasteiger partial charge in [-0.15, -0.1) is 0 Å². The molecule has 11 heteroatoms. The Labute approximate surface area is 207 Å². The first-order valence-electron chi connectivity index (χ1n) is 10.4. The van der Waals surface area contributed by atoms with Gasteiger partial charge in [0.1, 0.15) is 18.2 Å². The van der Waals surface area contributed by atoms with Gasteiger partial charge in [0.15, 0.2) is 0 Å². The number of halogens is 4. The first kappa shape index (κ1) is 26.3. The van der Waals surface area contributed by atoms with Crippen molar-refractivity contribution in [2.45, 2.75) is 20.0 Å². The maximum Gasteiger partial charge on any atom is 0.326 e. The molecule has 0 aliphatic heterocycles. The van der Waals surface area contributed by atoms with Gasteiger partial charge in [-0.3, -0.25) is 19.0 Å². The number of nitrogens with zero attached hydrogens (tertiary/aromatic N) is 2. The van der Waals surface area contributed by atoms with E-state index in [1.807, 2.05) is 0 Å². The van der Waals surface area contributed by atoms with E-state index in [-0.39, 0.29) is 47.4 Å². The van der Waals surface area contributed by atoms with E-state index in [1.165, 1.54) is 53.1 Å². The summed E-state index contributed by atoms with van der Waals surface area (Å²) in [7, 11) is 0. The van der Waals surface area contributed by atoms with Crippen LogP contribution in [0.25, 0.3) is 21.8 Å². The number of carbonyl (C=O) groups is 1. The number of aliphatic hydroxyl groups excluding tert-OH is 1. The van der Waals surface area contributed by atoms with Gasteiger partial charge in [0.2, 0.25) is 0 Å². The molecular weight excluding hydrogens is 505 g/mol. The zero-order valence-electron chi connectivity index (χ0n) is 18.4. The summed E-state index contributed by atoms with van der Waals surface area (Å²) in [6, 6.07) is 10.4. The molecule has 2 aromatic heterocycles. The number of carbonyl (C=O) groups excluding carboxylic acids is 1. The second kappa shape index (κ2) is 11.4. The van der Waals surface area contributed by atoms with E-state index < -0.39 is 23.2 Å². The third-order valence-electron chi connectivity index (χ3n) is 4.96. The van der Waals surface area contributed by atoms with Crippen molar-refractivity contribution in [1.82, 2.24) is 9.13 Å². The Bertz CT molecular complexity index is 1520. The van der Waals surface area contributed by atoms with Crippen molar-refractivity contribution < 1.29 is 23.4 Å². The van der Waals surface area contributed by atoms with Crippen LogP contribution < -0.4 is 11.1 Å². The van der Waals surface area contributed by atoms with Gasteiger partial charge >= 0.3 is 5.97 Å². The fourth-order valence-electron chi connectivity index (χ4n) is 3.46. The minimum absolute atomic E-state index is 0.121. The average molecular weight is 525 g/mol. The van der Waals surface area contributed by atoms with Crippen LogP contribution in [0.15, 0.2) is 58.1 Å². The Morgan fingerprint density at radius 2 is 1.37 bits per heavy atom. The molecule has 0 amide bonds. The molecule has 0 unspecified atom stereocenters. The highest BCUT2D eigenvalue weighted by atomic mass is 35.5. The zero-order chi connectivity index (χ0) is 25.7. The summed E-state index contributed by atoms with van der Waals surface area (Å²) < 4.78 is 33.6. The monoisotopic (exact) mass is 524 g/mol. The topological polar surface area (TPSA) is 90.5 Å². The third-order valence-corrected chi connectivity index (χ3v) is 5.59. The standard InChI is InChI=1S/C13H11ClFNO3.C11H9ClFNO2/c1-2-19-13(18)7-16-11-5-8(15)3-4-9(11)10(14)6-12(16)17;12-9-6-11(16)14(3-4-15)10-5-7(13)1-2-8(9)10/h3-6H,2,7H2,1H3;1-2,5-6,15H,3-4H2. The summed E-state index contributed by atoms with van der Waals surface area (Å²) in [4.78, 5) is 34.9. The van der Waals surface area contributed by atoms with Gasteiger partial charge in [-0.05, 0) is 43.3 Å². The molecule has 35 heavy (non-hydrogen) atoms. The van der Waals surface area contributed by atoms with Crippen LogP contribution in [0.1, 0.15) is 6.92 Å². The number of benzene rings is 2. The highest BCUT2D eigenvalue weighted by Gasteiger charge is 2.12. The van der Waals surface area contributed by atoms with Gasteiger partial charge in [-0.25, -0.2) is 8.78 Å². The first-order chi connectivity index (χ1) is 16.7. The molecule has 0 aliphatic rings. The highest BCUT2D eigenvalue weighted by molar-refractivity contribution is 6.35. The molecule has 2 heterocycles. The number of aromatic nitrogens is 2.